The fraction of sp³-hybridized carbons (Fsp3) is 0. The predicted octanol–water partition coefficient (Wildman–Crippen LogP) is 16.1. The van der Waals surface area contributed by atoms with Crippen molar-refractivity contribution in [1.29, 1.82) is 0 Å². The summed E-state index contributed by atoms with van der Waals surface area (Å²) in [4.78, 5) is 2.45. The molecule has 260 valence electrons. The number of hydrogen-bond donors (Lipinski definition) is 0. The lowest BCUT2D eigenvalue weighted by Gasteiger charge is -2.27. The molecule has 0 atom stereocenters. The van der Waals surface area contributed by atoms with E-state index in [1.165, 1.54) is 95.9 Å². The Morgan fingerprint density at radius 2 is 0.607 bits per heavy atom. The van der Waals surface area contributed by atoms with Gasteiger partial charge in [-0.1, -0.05) is 152 Å². The van der Waals surface area contributed by atoms with Crippen molar-refractivity contribution < 1.29 is 0 Å². The highest BCUT2D eigenvalue weighted by atomic mass is 32.1. The SMILES string of the molecule is c1cc(-c2ccc3c(c2)sc2ccccc23)cc(N(c2ccc3c4ccccc4c4ccccc4c3c2)c2ccc3c4ccccc4c4ccccc4c3c2)c1. The van der Waals surface area contributed by atoms with Gasteiger partial charge in [-0.25, -0.2) is 0 Å². The van der Waals surface area contributed by atoms with E-state index >= 15 is 0 Å². The van der Waals surface area contributed by atoms with Crippen molar-refractivity contribution in [2.45, 2.75) is 0 Å². The molecule has 0 radical (unpaired) electrons. The fourth-order valence-corrected chi connectivity index (χ4v) is 10.4. The zero-order chi connectivity index (χ0) is 36.7. The molecule has 1 heterocycles. The quantitative estimate of drug-likeness (QED) is 0.163. The summed E-state index contributed by atoms with van der Waals surface area (Å²) in [5.74, 6) is 0. The molecule has 0 saturated carbocycles. The molecule has 0 amide bonds. The normalized spacial score (nSPS) is 11.9. The van der Waals surface area contributed by atoms with E-state index in [-0.39, 0.29) is 0 Å². The highest BCUT2D eigenvalue weighted by Crippen LogP contribution is 2.44. The van der Waals surface area contributed by atoms with Gasteiger partial charge in [-0.2, -0.15) is 0 Å². The summed E-state index contributed by atoms with van der Waals surface area (Å²) in [6.45, 7) is 0. The molecule has 1 nitrogen and oxygen atoms in total. The van der Waals surface area contributed by atoms with Crippen LogP contribution in [-0.2, 0) is 0 Å². The van der Waals surface area contributed by atoms with E-state index < -0.39 is 0 Å². The highest BCUT2D eigenvalue weighted by Gasteiger charge is 2.19. The van der Waals surface area contributed by atoms with Crippen molar-refractivity contribution in [3.8, 4) is 11.1 Å². The minimum atomic E-state index is 1.12. The minimum Gasteiger partial charge on any atom is -0.310 e. The van der Waals surface area contributed by atoms with Crippen LogP contribution in [0.5, 0.6) is 0 Å². The lowest BCUT2D eigenvalue weighted by molar-refractivity contribution is 1.30. The molecule has 0 aliphatic carbocycles. The third-order valence-corrected chi connectivity index (χ3v) is 12.9. The average Bonchev–Trinajstić information content (AvgIpc) is 3.65. The van der Waals surface area contributed by atoms with Gasteiger partial charge in [-0.05, 0) is 124 Å². The number of hydrogen-bond acceptors (Lipinski definition) is 2. The summed E-state index contributed by atoms with van der Waals surface area (Å²) < 4.78 is 2.64. The molecular weight excluding hydrogens is 695 g/mol. The van der Waals surface area contributed by atoms with Gasteiger partial charge in [0.05, 0.1) is 0 Å². The molecule has 0 bridgehead atoms. The number of thiophene rings is 1. The van der Waals surface area contributed by atoms with Crippen LogP contribution in [0.4, 0.5) is 17.1 Å². The molecule has 0 aliphatic rings. The molecule has 1 aromatic heterocycles. The van der Waals surface area contributed by atoms with Gasteiger partial charge in [0.2, 0.25) is 0 Å². The number of rotatable bonds is 4. The Balaban J connectivity index is 1.11. The zero-order valence-corrected chi connectivity index (χ0v) is 31.2. The summed E-state index contributed by atoms with van der Waals surface area (Å²) in [5, 5.41) is 17.9. The van der Waals surface area contributed by atoms with Crippen molar-refractivity contribution >= 4 is 113 Å². The van der Waals surface area contributed by atoms with Crippen LogP contribution in [0, 0.1) is 0 Å². The molecule has 0 spiro atoms. The Bertz CT molecular complexity index is 3330. The Morgan fingerprint density at radius 3 is 1.12 bits per heavy atom. The van der Waals surface area contributed by atoms with Crippen molar-refractivity contribution in [3.63, 3.8) is 0 Å². The first-order chi connectivity index (χ1) is 27.8. The van der Waals surface area contributed by atoms with Crippen LogP contribution >= 0.6 is 11.3 Å². The molecular formula is C54H33NS. The Kier molecular flexibility index (Phi) is 6.87. The minimum absolute atomic E-state index is 1.12. The molecule has 56 heavy (non-hydrogen) atoms. The van der Waals surface area contributed by atoms with E-state index in [2.05, 4.69) is 205 Å². The van der Waals surface area contributed by atoms with Gasteiger partial charge in [0.25, 0.3) is 0 Å². The highest BCUT2D eigenvalue weighted by molar-refractivity contribution is 7.25. The van der Waals surface area contributed by atoms with Crippen molar-refractivity contribution in [1.82, 2.24) is 0 Å². The maximum Gasteiger partial charge on any atom is 0.0468 e. The molecule has 0 fully saturated rings. The monoisotopic (exact) mass is 727 g/mol. The second kappa shape index (κ2) is 12.3. The summed E-state index contributed by atoms with van der Waals surface area (Å²) in [7, 11) is 0. The molecule has 12 aromatic rings. The Labute approximate surface area is 327 Å². The molecule has 2 heteroatoms. The van der Waals surface area contributed by atoms with Crippen LogP contribution in [0.15, 0.2) is 200 Å². The molecule has 0 saturated heterocycles. The van der Waals surface area contributed by atoms with Gasteiger partial charge >= 0.3 is 0 Å². The van der Waals surface area contributed by atoms with Crippen LogP contribution in [0.2, 0.25) is 0 Å². The standard InChI is InChI=1S/C54H33NS/c1-3-18-43-39(14-1)41-16-5-7-20-45(41)51-32-37(25-28-47(43)51)55(38-26-29-48-44-19-4-2-15-40(44)42-17-6-8-21-46(42)52(48)33-38)36-13-11-12-34(30-36)35-24-27-50-49-22-9-10-23-53(49)56-54(50)31-35/h1-33H. The van der Waals surface area contributed by atoms with Crippen LogP contribution in [0.1, 0.15) is 0 Å². The number of benzene rings is 11. The van der Waals surface area contributed by atoms with Crippen molar-refractivity contribution in [3.05, 3.63) is 200 Å². The second-order valence-corrected chi connectivity index (χ2v) is 15.9. The van der Waals surface area contributed by atoms with Gasteiger partial charge in [0, 0.05) is 37.2 Å². The Hall–Kier alpha value is -7.00. The average molecular weight is 728 g/mol. The number of anilines is 3. The summed E-state index contributed by atoms with van der Waals surface area (Å²) in [6.07, 6.45) is 0. The first-order valence-electron chi connectivity index (χ1n) is 19.3. The van der Waals surface area contributed by atoms with E-state index in [1.807, 2.05) is 11.3 Å². The van der Waals surface area contributed by atoms with Crippen LogP contribution in [0.25, 0.3) is 95.9 Å². The Morgan fingerprint density at radius 1 is 0.232 bits per heavy atom. The van der Waals surface area contributed by atoms with E-state index in [0.717, 1.165) is 17.1 Å². The van der Waals surface area contributed by atoms with E-state index in [0.29, 0.717) is 0 Å². The first-order valence-corrected chi connectivity index (χ1v) is 20.1. The molecule has 0 aliphatic heterocycles. The molecule has 0 unspecified atom stereocenters. The van der Waals surface area contributed by atoms with Gasteiger partial charge in [0.1, 0.15) is 0 Å². The van der Waals surface area contributed by atoms with Crippen molar-refractivity contribution in [2.24, 2.45) is 0 Å². The maximum absolute atomic E-state index is 2.45. The lowest BCUT2D eigenvalue weighted by Crippen LogP contribution is -2.10. The van der Waals surface area contributed by atoms with Crippen LogP contribution in [0.3, 0.4) is 0 Å². The first kappa shape index (κ1) is 31.4. The molecule has 11 aromatic carbocycles. The smallest absolute Gasteiger partial charge is 0.0468 e. The number of fused-ring (bicyclic) bond motifs is 15. The fourth-order valence-electron chi connectivity index (χ4n) is 9.25. The third-order valence-electron chi connectivity index (χ3n) is 11.8. The number of nitrogens with zero attached hydrogens (tertiary/aromatic N) is 1. The largest absolute Gasteiger partial charge is 0.310 e. The van der Waals surface area contributed by atoms with Gasteiger partial charge in [-0.15, -0.1) is 11.3 Å². The van der Waals surface area contributed by atoms with Gasteiger partial charge < -0.3 is 4.90 Å². The molecule has 12 rings (SSSR count). The second-order valence-electron chi connectivity index (χ2n) is 14.8. The predicted molar refractivity (Wildman–Crippen MR) is 244 cm³/mol. The van der Waals surface area contributed by atoms with Gasteiger partial charge in [-0.3, -0.25) is 0 Å². The summed E-state index contributed by atoms with van der Waals surface area (Å²) in [6, 6.07) is 74.2. The van der Waals surface area contributed by atoms with Gasteiger partial charge in [0.15, 0.2) is 0 Å². The zero-order valence-electron chi connectivity index (χ0n) is 30.4. The molecule has 0 N–H and O–H groups in total. The van der Waals surface area contributed by atoms with Crippen molar-refractivity contribution in [2.75, 3.05) is 4.90 Å². The third kappa shape index (κ3) is 4.73. The van der Waals surface area contributed by atoms with E-state index in [4.69, 9.17) is 0 Å². The van der Waals surface area contributed by atoms with Crippen LogP contribution < -0.4 is 4.90 Å². The maximum atomic E-state index is 2.45. The topological polar surface area (TPSA) is 3.24 Å². The lowest BCUT2D eigenvalue weighted by atomic mass is 9.93. The summed E-state index contributed by atoms with van der Waals surface area (Å²) in [5.41, 5.74) is 5.78. The summed E-state index contributed by atoms with van der Waals surface area (Å²) >= 11 is 1.87. The van der Waals surface area contributed by atoms with Crippen LogP contribution in [-0.4, -0.2) is 0 Å². The van der Waals surface area contributed by atoms with E-state index in [1.54, 1.807) is 0 Å². The van der Waals surface area contributed by atoms with E-state index in [9.17, 15) is 0 Å².